The van der Waals surface area contributed by atoms with Crippen LogP contribution < -0.4 is 5.73 Å². The summed E-state index contributed by atoms with van der Waals surface area (Å²) in [5, 5.41) is 11.3. The average Bonchev–Trinajstić information content (AvgIpc) is 2.73. The normalized spacial score (nSPS) is 10.8. The van der Waals surface area contributed by atoms with Crippen LogP contribution in [0.25, 0.3) is 5.69 Å². The Kier molecular flexibility index (Phi) is 3.03. The number of tetrazole rings is 1. The van der Waals surface area contributed by atoms with Crippen LogP contribution in [0.1, 0.15) is 24.7 Å². The third-order valence-electron chi connectivity index (χ3n) is 2.64. The molecule has 0 aliphatic carbocycles. The molecule has 1 aromatic heterocycles. The first-order valence-corrected chi connectivity index (χ1v) is 5.47. The van der Waals surface area contributed by atoms with Crippen LogP contribution in [0, 0.1) is 12.7 Å². The number of nitrogens with zero attached hydrogens (tertiary/aromatic N) is 4. The first-order chi connectivity index (χ1) is 8.15. The summed E-state index contributed by atoms with van der Waals surface area (Å²) in [5.41, 5.74) is 7.28. The second-order valence-corrected chi connectivity index (χ2v) is 3.87. The number of rotatable bonds is 3. The Bertz CT molecular complexity index is 535. The Morgan fingerprint density at radius 2 is 2.18 bits per heavy atom. The zero-order valence-corrected chi connectivity index (χ0v) is 9.81. The van der Waals surface area contributed by atoms with Crippen LogP contribution in [-0.4, -0.2) is 20.2 Å². The average molecular weight is 235 g/mol. The third kappa shape index (κ3) is 1.98. The number of halogens is 1. The van der Waals surface area contributed by atoms with Gasteiger partial charge in [0.05, 0.1) is 0 Å². The number of benzene rings is 1. The zero-order chi connectivity index (χ0) is 12.4. The van der Waals surface area contributed by atoms with Gasteiger partial charge in [-0.15, -0.1) is 5.10 Å². The second-order valence-electron chi connectivity index (χ2n) is 3.87. The van der Waals surface area contributed by atoms with E-state index in [1.165, 1.54) is 16.8 Å². The van der Waals surface area contributed by atoms with E-state index in [2.05, 4.69) is 15.5 Å². The molecule has 0 amide bonds. The summed E-state index contributed by atoms with van der Waals surface area (Å²) in [7, 11) is 0. The van der Waals surface area contributed by atoms with E-state index in [0.717, 1.165) is 6.42 Å². The lowest BCUT2D eigenvalue weighted by molar-refractivity contribution is 0.599. The van der Waals surface area contributed by atoms with Gasteiger partial charge in [-0.2, -0.15) is 4.68 Å². The van der Waals surface area contributed by atoms with Gasteiger partial charge in [0.15, 0.2) is 5.82 Å². The molecule has 2 aromatic rings. The summed E-state index contributed by atoms with van der Waals surface area (Å²) in [5.74, 6) is 0.265. The van der Waals surface area contributed by atoms with Crippen LogP contribution in [0.15, 0.2) is 12.1 Å². The SMILES string of the molecule is CCCc1nnnn1-c1c(F)ccc(N)c1C. The van der Waals surface area contributed by atoms with Crippen molar-refractivity contribution >= 4 is 5.69 Å². The maximum Gasteiger partial charge on any atom is 0.156 e. The number of hydrogen-bond acceptors (Lipinski definition) is 4. The van der Waals surface area contributed by atoms with Crippen LogP contribution >= 0.6 is 0 Å². The largest absolute Gasteiger partial charge is 0.398 e. The van der Waals surface area contributed by atoms with Crippen LogP contribution in [0.5, 0.6) is 0 Å². The number of anilines is 1. The van der Waals surface area contributed by atoms with E-state index in [1.807, 2.05) is 6.92 Å². The fourth-order valence-electron chi connectivity index (χ4n) is 1.70. The van der Waals surface area contributed by atoms with E-state index < -0.39 is 0 Å². The lowest BCUT2D eigenvalue weighted by atomic mass is 10.1. The van der Waals surface area contributed by atoms with Gasteiger partial charge in [-0.3, -0.25) is 0 Å². The van der Waals surface area contributed by atoms with Gasteiger partial charge in [-0.1, -0.05) is 6.92 Å². The van der Waals surface area contributed by atoms with Gasteiger partial charge in [-0.05, 0) is 35.9 Å². The van der Waals surface area contributed by atoms with Gasteiger partial charge in [0, 0.05) is 17.7 Å². The fourth-order valence-corrected chi connectivity index (χ4v) is 1.70. The first kappa shape index (κ1) is 11.5. The van der Waals surface area contributed by atoms with Crippen molar-refractivity contribution in [1.82, 2.24) is 20.2 Å². The van der Waals surface area contributed by atoms with Crippen molar-refractivity contribution in [2.45, 2.75) is 26.7 Å². The molecule has 0 radical (unpaired) electrons. The highest BCUT2D eigenvalue weighted by atomic mass is 19.1. The molecule has 0 bridgehead atoms. The van der Waals surface area contributed by atoms with Crippen molar-refractivity contribution < 1.29 is 4.39 Å². The van der Waals surface area contributed by atoms with E-state index >= 15 is 0 Å². The van der Waals surface area contributed by atoms with Crippen molar-refractivity contribution in [1.29, 1.82) is 0 Å². The second kappa shape index (κ2) is 4.48. The minimum atomic E-state index is -0.374. The highest BCUT2D eigenvalue weighted by Gasteiger charge is 2.15. The van der Waals surface area contributed by atoms with Crippen LogP contribution in [-0.2, 0) is 6.42 Å². The lowest BCUT2D eigenvalue weighted by Crippen LogP contribution is -2.09. The Hall–Kier alpha value is -1.98. The minimum Gasteiger partial charge on any atom is -0.398 e. The molecular formula is C11H14FN5. The van der Waals surface area contributed by atoms with Gasteiger partial charge >= 0.3 is 0 Å². The third-order valence-corrected chi connectivity index (χ3v) is 2.64. The maximum atomic E-state index is 13.8. The summed E-state index contributed by atoms with van der Waals surface area (Å²) in [4.78, 5) is 0. The highest BCUT2D eigenvalue weighted by Crippen LogP contribution is 2.23. The molecule has 0 aliphatic heterocycles. The van der Waals surface area contributed by atoms with E-state index in [1.54, 1.807) is 6.92 Å². The molecule has 6 heteroatoms. The topological polar surface area (TPSA) is 69.6 Å². The Morgan fingerprint density at radius 3 is 2.88 bits per heavy atom. The number of aromatic nitrogens is 4. The molecule has 90 valence electrons. The molecule has 17 heavy (non-hydrogen) atoms. The quantitative estimate of drug-likeness (QED) is 0.821. The Morgan fingerprint density at radius 1 is 1.41 bits per heavy atom. The smallest absolute Gasteiger partial charge is 0.156 e. The van der Waals surface area contributed by atoms with Crippen molar-refractivity contribution in [2.24, 2.45) is 0 Å². The molecule has 1 aromatic carbocycles. The minimum absolute atomic E-state index is 0.332. The monoisotopic (exact) mass is 235 g/mol. The Balaban J connectivity index is 2.60. The lowest BCUT2D eigenvalue weighted by Gasteiger charge is -2.10. The zero-order valence-electron chi connectivity index (χ0n) is 9.81. The molecule has 2 N–H and O–H groups in total. The number of aryl methyl sites for hydroxylation is 1. The molecule has 0 saturated heterocycles. The number of hydrogen-bond donors (Lipinski definition) is 1. The molecule has 1 heterocycles. The van der Waals surface area contributed by atoms with Gasteiger partial charge in [0.25, 0.3) is 0 Å². The molecule has 0 unspecified atom stereocenters. The van der Waals surface area contributed by atoms with E-state index in [9.17, 15) is 4.39 Å². The predicted molar refractivity (Wildman–Crippen MR) is 62.3 cm³/mol. The predicted octanol–water partition coefficient (Wildman–Crippen LogP) is 1.64. The first-order valence-electron chi connectivity index (χ1n) is 5.47. The van der Waals surface area contributed by atoms with Crippen molar-refractivity contribution in [2.75, 3.05) is 5.73 Å². The van der Waals surface area contributed by atoms with Gasteiger partial charge < -0.3 is 5.73 Å². The number of nitrogen functional groups attached to an aromatic ring is 1. The maximum absolute atomic E-state index is 13.8. The molecule has 2 rings (SSSR count). The van der Waals surface area contributed by atoms with Gasteiger partial charge in [0.1, 0.15) is 11.5 Å². The molecule has 0 atom stereocenters. The summed E-state index contributed by atoms with van der Waals surface area (Å²) >= 11 is 0. The van der Waals surface area contributed by atoms with Crippen LogP contribution in [0.3, 0.4) is 0 Å². The molecular weight excluding hydrogens is 221 g/mol. The highest BCUT2D eigenvalue weighted by molar-refractivity contribution is 5.57. The molecule has 0 spiro atoms. The molecule has 0 saturated carbocycles. The van der Waals surface area contributed by atoms with Crippen molar-refractivity contribution in [3.05, 3.63) is 29.3 Å². The molecule has 0 aliphatic rings. The number of nitrogens with two attached hydrogens (primary N) is 1. The van der Waals surface area contributed by atoms with E-state index in [0.29, 0.717) is 29.2 Å². The summed E-state index contributed by atoms with van der Waals surface area (Å²) in [6, 6.07) is 2.87. The van der Waals surface area contributed by atoms with Crippen molar-refractivity contribution in [3.8, 4) is 5.69 Å². The van der Waals surface area contributed by atoms with Crippen molar-refractivity contribution in [3.63, 3.8) is 0 Å². The van der Waals surface area contributed by atoms with Gasteiger partial charge in [-0.25, -0.2) is 4.39 Å². The van der Waals surface area contributed by atoms with Gasteiger partial charge in [0.2, 0.25) is 0 Å². The van der Waals surface area contributed by atoms with E-state index in [4.69, 9.17) is 5.73 Å². The summed E-state index contributed by atoms with van der Waals surface area (Å²) in [6.07, 6.45) is 1.59. The van der Waals surface area contributed by atoms with Crippen LogP contribution in [0.4, 0.5) is 10.1 Å². The Labute approximate surface area is 98.4 Å². The standard InChI is InChI=1S/C11H14FN5/c1-3-4-10-14-15-16-17(10)11-7(2)9(13)6-5-8(11)12/h5-6H,3-4,13H2,1-2H3. The van der Waals surface area contributed by atoms with E-state index in [-0.39, 0.29) is 5.82 Å². The molecule has 0 fully saturated rings. The summed E-state index contributed by atoms with van der Waals surface area (Å²) < 4.78 is 15.3. The molecule has 5 nitrogen and oxygen atoms in total. The van der Waals surface area contributed by atoms with Crippen LogP contribution in [0.2, 0.25) is 0 Å². The summed E-state index contributed by atoms with van der Waals surface area (Å²) in [6.45, 7) is 3.77. The fraction of sp³-hybridized carbons (Fsp3) is 0.364.